The lowest BCUT2D eigenvalue weighted by Crippen LogP contribution is -2.61. The van der Waals surface area contributed by atoms with Crippen LogP contribution in [0.3, 0.4) is 0 Å². The second-order valence-corrected chi connectivity index (χ2v) is 17.9. The summed E-state index contributed by atoms with van der Waals surface area (Å²) < 4.78 is 16.4. The van der Waals surface area contributed by atoms with Crippen molar-refractivity contribution in [1.29, 1.82) is 5.26 Å². The molecule has 2 saturated heterocycles. The first-order chi connectivity index (χ1) is 36.0. The van der Waals surface area contributed by atoms with Gasteiger partial charge in [0.1, 0.15) is 30.7 Å². The highest BCUT2D eigenvalue weighted by atomic mass is 16.7. The summed E-state index contributed by atoms with van der Waals surface area (Å²) in [4.78, 5) is 97.9. The maximum Gasteiger partial charge on any atom is 0.411 e. The minimum Gasteiger partial charge on any atom is -0.479 e. The Morgan fingerprint density at radius 1 is 0.827 bits per heavy atom. The van der Waals surface area contributed by atoms with E-state index in [4.69, 9.17) is 19.5 Å². The molecule has 3 aromatic rings. The van der Waals surface area contributed by atoms with Crippen molar-refractivity contribution in [1.82, 2.24) is 25.4 Å². The minimum atomic E-state index is -1.99. The van der Waals surface area contributed by atoms with Crippen LogP contribution in [0.15, 0.2) is 84.1 Å². The number of hydrogen-bond acceptors (Lipinski definition) is 17. The number of unbranched alkanes of at least 4 members (excludes halogenated alkanes) is 3. The maximum absolute atomic E-state index is 13.6. The lowest BCUT2D eigenvalue weighted by molar-refractivity contribution is -0.271. The Hall–Kier alpha value is -8.02. The first kappa shape index (κ1) is 56.3. The molecule has 2 aromatic carbocycles. The number of pyridine rings is 1. The number of anilines is 3. The zero-order valence-electron chi connectivity index (χ0n) is 40.8. The molecule has 5 atom stereocenters. The standard InChI is InChI=1S/C50H60N10O15/c51-30-55-48(56-34-10-7-20-52-28-34)54-21-4-3-17-50(72)18-24-59(25-19-50)45(68)32-8-6-9-33(27-32)57-49(71)73-29-31-12-13-36(74-47-43(67)41(65)42(66)44(75-47)46(69)70)35(26-31)58-38(62)16-22-53-37(61)11-2-1-5-23-60-39(63)14-15-40(60)64/h6-10,12-15,20,26-28,41-44,47,65-67,72H,1-5,11,16-19,21-25,29H2,(H,53,61)(H,57,71)(H,58,62)(H,69,70)(H2,54,55,56)/t41-,42-,43+,44-,47+/m0/s1. The van der Waals surface area contributed by atoms with Crippen molar-refractivity contribution in [2.24, 2.45) is 4.99 Å². The molecule has 0 spiro atoms. The van der Waals surface area contributed by atoms with Gasteiger partial charge in [-0.2, -0.15) is 5.26 Å². The van der Waals surface area contributed by atoms with Crippen LogP contribution in [0.5, 0.6) is 5.75 Å². The fraction of sp³-hybridized carbons (Fsp3) is 0.440. The number of imide groups is 1. The van der Waals surface area contributed by atoms with Gasteiger partial charge < -0.3 is 65.9 Å². The van der Waals surface area contributed by atoms with Crippen LogP contribution in [0.25, 0.3) is 0 Å². The molecule has 4 heterocycles. The highest BCUT2D eigenvalue weighted by Gasteiger charge is 2.48. The summed E-state index contributed by atoms with van der Waals surface area (Å²) in [7, 11) is 0. The number of carboxylic acid groups (broad SMARTS) is 1. The van der Waals surface area contributed by atoms with Crippen LogP contribution in [-0.2, 0) is 40.1 Å². The highest BCUT2D eigenvalue weighted by molar-refractivity contribution is 6.12. The molecule has 75 heavy (non-hydrogen) atoms. The number of likely N-dealkylation sites (tertiary alicyclic amines) is 1. The number of amides is 6. The fourth-order valence-corrected chi connectivity index (χ4v) is 8.25. The number of ether oxygens (including phenoxy) is 3. The molecule has 10 N–H and O–H groups in total. The van der Waals surface area contributed by atoms with E-state index in [0.29, 0.717) is 87.8 Å². The first-order valence-electron chi connectivity index (χ1n) is 24.3. The van der Waals surface area contributed by atoms with Crippen molar-refractivity contribution in [3.8, 4) is 11.9 Å². The Kier molecular flexibility index (Phi) is 20.5. The number of aliphatic hydroxyl groups excluding tert-OH is 3. The number of piperidine rings is 1. The summed E-state index contributed by atoms with van der Waals surface area (Å²) in [5.74, 6) is -3.55. The third-order valence-corrected chi connectivity index (χ3v) is 12.4. The van der Waals surface area contributed by atoms with Crippen LogP contribution in [0.1, 0.15) is 80.1 Å². The monoisotopic (exact) mass is 1040 g/mol. The molecule has 6 rings (SSSR count). The van der Waals surface area contributed by atoms with E-state index in [1.807, 2.05) is 0 Å². The number of benzene rings is 2. The van der Waals surface area contributed by atoms with E-state index in [0.717, 1.165) is 4.90 Å². The molecule has 0 radical (unpaired) electrons. The molecule has 3 aliphatic heterocycles. The number of carboxylic acids is 1. The van der Waals surface area contributed by atoms with Crippen LogP contribution in [0, 0.1) is 11.5 Å². The number of rotatable bonds is 23. The average Bonchev–Trinajstić information content (AvgIpc) is 3.71. The van der Waals surface area contributed by atoms with Crippen molar-refractivity contribution < 1.29 is 73.3 Å². The molecule has 2 fully saturated rings. The van der Waals surface area contributed by atoms with Gasteiger partial charge in [-0.15, -0.1) is 4.99 Å². The second-order valence-electron chi connectivity index (χ2n) is 17.9. The van der Waals surface area contributed by atoms with Gasteiger partial charge in [0, 0.05) is 75.2 Å². The fourth-order valence-electron chi connectivity index (χ4n) is 8.25. The molecule has 400 valence electrons. The molecular formula is C50H60N10O15. The number of hydrogen-bond donors (Lipinski definition) is 10. The van der Waals surface area contributed by atoms with Crippen LogP contribution in [-0.4, -0.2) is 157 Å². The smallest absolute Gasteiger partial charge is 0.411 e. The number of nitrogens with zero attached hydrogens (tertiary/aromatic N) is 5. The van der Waals surface area contributed by atoms with Gasteiger partial charge >= 0.3 is 12.1 Å². The Morgan fingerprint density at radius 2 is 1.59 bits per heavy atom. The quantitative estimate of drug-likeness (QED) is 0.0212. The third kappa shape index (κ3) is 16.8. The number of guanidine groups is 1. The van der Waals surface area contributed by atoms with E-state index in [-0.39, 0.29) is 79.3 Å². The number of nitrogens with one attached hydrogen (secondary N) is 5. The SMILES string of the molecule is N#C/N=C(\NCCCCC1(O)CCN(C(=O)c2cccc(NC(=O)OCc3ccc(O[C@@H]4O[C@H](C(=O)O)[C@@H](O)[C@H](O)[C@H]4O)c(NC(=O)CCNC(=O)CCCCCN4C(=O)C=CC4=O)c3)c2)CC1)Nc1cccnc1. The largest absolute Gasteiger partial charge is 0.479 e. The number of aliphatic carboxylic acids is 1. The van der Waals surface area contributed by atoms with Gasteiger partial charge in [-0.1, -0.05) is 18.6 Å². The lowest BCUT2D eigenvalue weighted by atomic mass is 9.86. The van der Waals surface area contributed by atoms with Crippen molar-refractivity contribution in [3.05, 3.63) is 90.3 Å². The number of aliphatic hydroxyl groups is 4. The Balaban J connectivity index is 0.974. The number of aromatic nitrogens is 1. The topological polar surface area (TPSA) is 364 Å². The van der Waals surface area contributed by atoms with Crippen LogP contribution < -0.4 is 31.3 Å². The molecule has 6 amide bonds. The number of aliphatic imine (C=N–C) groups is 1. The summed E-state index contributed by atoms with van der Waals surface area (Å²) in [6.45, 7) is 0.911. The van der Waals surface area contributed by atoms with Gasteiger partial charge in [0.15, 0.2) is 6.10 Å². The molecule has 0 saturated carbocycles. The van der Waals surface area contributed by atoms with E-state index in [1.54, 1.807) is 53.8 Å². The van der Waals surface area contributed by atoms with Crippen molar-refractivity contribution in [3.63, 3.8) is 0 Å². The van der Waals surface area contributed by atoms with Gasteiger partial charge in [0.25, 0.3) is 17.7 Å². The Bertz CT molecular complexity index is 2600. The average molecular weight is 1040 g/mol. The maximum atomic E-state index is 13.6. The molecule has 0 bridgehead atoms. The number of carbonyl (C=O) groups excluding carboxylic acids is 6. The molecule has 3 aliphatic rings. The van der Waals surface area contributed by atoms with Gasteiger partial charge in [0.2, 0.25) is 30.3 Å². The molecular weight excluding hydrogens is 981 g/mol. The zero-order chi connectivity index (χ0) is 53.9. The highest BCUT2D eigenvalue weighted by Crippen LogP contribution is 2.32. The summed E-state index contributed by atoms with van der Waals surface area (Å²) in [5.41, 5.74) is 0.486. The van der Waals surface area contributed by atoms with Crippen LogP contribution in [0.2, 0.25) is 0 Å². The van der Waals surface area contributed by atoms with Gasteiger partial charge in [-0.3, -0.25) is 39.2 Å². The van der Waals surface area contributed by atoms with E-state index in [1.165, 1.54) is 36.4 Å². The van der Waals surface area contributed by atoms with Gasteiger partial charge in [-0.05, 0) is 93.0 Å². The van der Waals surface area contributed by atoms with E-state index < -0.39 is 54.3 Å². The van der Waals surface area contributed by atoms with Crippen molar-refractivity contribution >= 4 is 64.6 Å². The summed E-state index contributed by atoms with van der Waals surface area (Å²) >= 11 is 0. The Labute approximate surface area is 430 Å². The predicted molar refractivity (Wildman–Crippen MR) is 265 cm³/mol. The molecule has 0 unspecified atom stereocenters. The molecule has 25 heteroatoms. The van der Waals surface area contributed by atoms with Crippen molar-refractivity contribution in [2.75, 3.05) is 48.7 Å². The van der Waals surface area contributed by atoms with E-state index >= 15 is 0 Å². The third-order valence-electron chi connectivity index (χ3n) is 12.4. The Morgan fingerprint density at radius 3 is 2.31 bits per heavy atom. The molecule has 25 nitrogen and oxygen atoms in total. The normalized spacial score (nSPS) is 20.1. The van der Waals surface area contributed by atoms with Gasteiger partial charge in [0.05, 0.1) is 23.2 Å². The van der Waals surface area contributed by atoms with Crippen LogP contribution >= 0.6 is 0 Å². The summed E-state index contributed by atoms with van der Waals surface area (Å²) in [6, 6.07) is 13.9. The molecule has 0 aliphatic carbocycles. The second kappa shape index (κ2) is 27.3. The number of nitriles is 1. The minimum absolute atomic E-state index is 0.0658. The number of carbonyl (C=O) groups is 7. The predicted octanol–water partition coefficient (Wildman–Crippen LogP) is 1.71. The first-order valence-corrected chi connectivity index (χ1v) is 24.3. The lowest BCUT2D eigenvalue weighted by Gasteiger charge is -2.38. The van der Waals surface area contributed by atoms with Crippen molar-refractivity contribution in [2.45, 2.75) is 107 Å². The molecule has 1 aromatic heterocycles. The summed E-state index contributed by atoms with van der Waals surface area (Å²) in [5, 5.41) is 74.9. The zero-order valence-corrected chi connectivity index (χ0v) is 40.8. The van der Waals surface area contributed by atoms with Crippen LogP contribution in [0.4, 0.5) is 21.9 Å². The summed E-state index contributed by atoms with van der Waals surface area (Å²) in [6.07, 6.45) is 0.839. The van der Waals surface area contributed by atoms with E-state index in [2.05, 4.69) is 36.6 Å². The van der Waals surface area contributed by atoms with Gasteiger partial charge in [-0.25, -0.2) is 9.59 Å². The van der Waals surface area contributed by atoms with E-state index in [9.17, 15) is 59.1 Å².